The molecule has 16 heavy (non-hydrogen) atoms. The van der Waals surface area contributed by atoms with Crippen molar-refractivity contribution in [1.29, 1.82) is 0 Å². The monoisotopic (exact) mass is 214 g/mol. The highest BCUT2D eigenvalue weighted by atomic mass is 16.3. The van der Waals surface area contributed by atoms with Crippen molar-refractivity contribution in [3.05, 3.63) is 34.4 Å². The Labute approximate surface area is 96.1 Å². The molecule has 0 amide bonds. The highest BCUT2D eigenvalue weighted by Gasteiger charge is 2.04. The number of hydrogen-bond acceptors (Lipinski definition) is 1. The van der Waals surface area contributed by atoms with Crippen molar-refractivity contribution in [2.24, 2.45) is 0 Å². The minimum Gasteiger partial charge on any atom is -0.456 e. The van der Waals surface area contributed by atoms with Gasteiger partial charge in [-0.3, -0.25) is 0 Å². The summed E-state index contributed by atoms with van der Waals surface area (Å²) in [5.41, 5.74) is 3.35. The molecule has 3 rings (SSSR count). The van der Waals surface area contributed by atoms with Gasteiger partial charge in [-0.05, 0) is 38.0 Å². The zero-order valence-electron chi connectivity index (χ0n) is 10.2. The van der Waals surface area contributed by atoms with E-state index in [0.29, 0.717) is 0 Å². The van der Waals surface area contributed by atoms with Crippen LogP contribution in [0.25, 0.3) is 23.1 Å². The first kappa shape index (κ1) is 11.0. The average Bonchev–Trinajstić information content (AvgIpc) is 2.70. The van der Waals surface area contributed by atoms with Gasteiger partial charge in [0.2, 0.25) is 0 Å². The number of furan rings is 1. The lowest BCUT2D eigenvalue weighted by Gasteiger charge is -1.92. The number of rotatable bonds is 0. The Hall–Kier alpha value is -1.50. The van der Waals surface area contributed by atoms with Crippen molar-refractivity contribution in [2.45, 2.75) is 33.6 Å². The Bertz CT molecular complexity index is 602. The smallest absolute Gasteiger partial charge is 0.135 e. The molecule has 1 heteroatoms. The van der Waals surface area contributed by atoms with Crippen molar-refractivity contribution in [1.82, 2.24) is 0 Å². The van der Waals surface area contributed by atoms with Crippen LogP contribution in [0, 0.1) is 6.92 Å². The molecule has 1 heterocycles. The van der Waals surface area contributed by atoms with E-state index in [1.165, 1.54) is 16.2 Å². The van der Waals surface area contributed by atoms with Gasteiger partial charge in [0.15, 0.2) is 0 Å². The van der Waals surface area contributed by atoms with Crippen LogP contribution in [0.15, 0.2) is 22.6 Å². The molecule has 0 fully saturated rings. The summed E-state index contributed by atoms with van der Waals surface area (Å²) in [6.45, 7) is 6.12. The second-order valence-corrected chi connectivity index (χ2v) is 3.87. The van der Waals surface area contributed by atoms with Crippen LogP contribution in [0.2, 0.25) is 0 Å². The maximum Gasteiger partial charge on any atom is 0.135 e. The van der Waals surface area contributed by atoms with Crippen LogP contribution in [-0.4, -0.2) is 0 Å². The molecule has 0 aliphatic heterocycles. The summed E-state index contributed by atoms with van der Waals surface area (Å²) in [7, 11) is 0. The molecule has 0 N–H and O–H groups in total. The third kappa shape index (κ3) is 1.78. The van der Waals surface area contributed by atoms with E-state index in [1.54, 1.807) is 0 Å². The molecule has 0 bridgehead atoms. The van der Waals surface area contributed by atoms with Gasteiger partial charge in [0.25, 0.3) is 0 Å². The van der Waals surface area contributed by atoms with Gasteiger partial charge in [-0.1, -0.05) is 31.6 Å². The molecule has 0 unspecified atom stereocenters. The van der Waals surface area contributed by atoms with Crippen LogP contribution >= 0.6 is 0 Å². The lowest BCUT2D eigenvalue weighted by atomic mass is 10.1. The van der Waals surface area contributed by atoms with Crippen molar-refractivity contribution in [3.63, 3.8) is 0 Å². The quantitative estimate of drug-likeness (QED) is 0.656. The number of benzene rings is 1. The largest absolute Gasteiger partial charge is 0.456 e. The fourth-order valence-corrected chi connectivity index (χ4v) is 2.05. The van der Waals surface area contributed by atoms with E-state index in [-0.39, 0.29) is 0 Å². The lowest BCUT2D eigenvalue weighted by molar-refractivity contribution is 0.571. The fraction of sp³-hybridized carbons (Fsp3) is 0.333. The van der Waals surface area contributed by atoms with Crippen molar-refractivity contribution >= 4 is 23.1 Å². The maximum absolute atomic E-state index is 5.76. The Morgan fingerprint density at radius 1 is 1.06 bits per heavy atom. The van der Waals surface area contributed by atoms with E-state index in [4.69, 9.17) is 4.42 Å². The lowest BCUT2D eigenvalue weighted by Crippen LogP contribution is -2.22. The highest BCUT2D eigenvalue weighted by molar-refractivity contribution is 5.80. The molecule has 1 aromatic carbocycles. The molecule has 0 saturated carbocycles. The summed E-state index contributed by atoms with van der Waals surface area (Å²) in [6, 6.07) is 6.36. The fourth-order valence-electron chi connectivity index (χ4n) is 2.05. The molecule has 0 spiro atoms. The molecule has 1 nitrogen and oxygen atoms in total. The summed E-state index contributed by atoms with van der Waals surface area (Å²) in [5, 5.41) is 2.55. The minimum absolute atomic E-state index is 1.01. The Balaban J connectivity index is 0.000000457. The van der Waals surface area contributed by atoms with Crippen molar-refractivity contribution in [3.8, 4) is 0 Å². The third-order valence-corrected chi connectivity index (χ3v) is 2.76. The number of hydrogen-bond donors (Lipinski definition) is 0. The van der Waals surface area contributed by atoms with Crippen LogP contribution in [-0.2, 0) is 0 Å². The summed E-state index contributed by atoms with van der Waals surface area (Å²) < 4.78 is 5.76. The Morgan fingerprint density at radius 3 is 2.62 bits per heavy atom. The van der Waals surface area contributed by atoms with Gasteiger partial charge in [-0.25, -0.2) is 0 Å². The van der Waals surface area contributed by atoms with E-state index in [0.717, 1.165) is 23.8 Å². The van der Waals surface area contributed by atoms with Gasteiger partial charge in [0, 0.05) is 10.6 Å². The maximum atomic E-state index is 5.76. The van der Waals surface area contributed by atoms with Crippen molar-refractivity contribution in [2.75, 3.05) is 0 Å². The van der Waals surface area contributed by atoms with E-state index in [9.17, 15) is 0 Å². The predicted molar refractivity (Wildman–Crippen MR) is 69.7 cm³/mol. The number of fused-ring (bicyclic) bond motifs is 3. The first-order valence-electron chi connectivity index (χ1n) is 6.04. The molecule has 84 valence electrons. The SMILES string of the molecule is CC.Cc1ccc2oc3c(c2c1)=CCCC=3. The summed E-state index contributed by atoms with van der Waals surface area (Å²) in [4.78, 5) is 0. The number of aryl methyl sites for hydroxylation is 1. The standard InChI is InChI=1S/C13H12O.C2H6/c1-9-6-7-13-11(8-9)10-4-2-3-5-12(10)14-13;1-2/h4-8H,2-3H2,1H3;1-2H3. The molecular formula is C15H18O. The molecular weight excluding hydrogens is 196 g/mol. The molecule has 1 aromatic heterocycles. The molecule has 0 atom stereocenters. The molecule has 1 aliphatic rings. The molecule has 1 aliphatic carbocycles. The van der Waals surface area contributed by atoms with Gasteiger partial charge in [-0.15, -0.1) is 0 Å². The summed E-state index contributed by atoms with van der Waals surface area (Å²) in [5.74, 6) is 0. The normalized spacial score (nSPS) is 13.2. The highest BCUT2D eigenvalue weighted by Crippen LogP contribution is 2.12. The minimum atomic E-state index is 1.01. The van der Waals surface area contributed by atoms with E-state index in [2.05, 4.69) is 37.3 Å². The second kappa shape index (κ2) is 4.56. The van der Waals surface area contributed by atoms with Crippen LogP contribution < -0.4 is 10.6 Å². The van der Waals surface area contributed by atoms with E-state index >= 15 is 0 Å². The van der Waals surface area contributed by atoms with Gasteiger partial charge in [-0.2, -0.15) is 0 Å². The first-order valence-corrected chi connectivity index (χ1v) is 6.04. The molecule has 0 saturated heterocycles. The Kier molecular flexibility index (Phi) is 3.14. The van der Waals surface area contributed by atoms with Gasteiger partial charge in [0.1, 0.15) is 11.0 Å². The predicted octanol–water partition coefficient (Wildman–Crippen LogP) is 3.12. The third-order valence-electron chi connectivity index (χ3n) is 2.76. The van der Waals surface area contributed by atoms with Gasteiger partial charge < -0.3 is 4.42 Å². The van der Waals surface area contributed by atoms with Gasteiger partial charge in [0.05, 0.1) is 0 Å². The van der Waals surface area contributed by atoms with E-state index < -0.39 is 0 Å². The van der Waals surface area contributed by atoms with Crippen LogP contribution in [0.1, 0.15) is 32.3 Å². The van der Waals surface area contributed by atoms with E-state index in [1.807, 2.05) is 13.8 Å². The zero-order valence-corrected chi connectivity index (χ0v) is 10.2. The van der Waals surface area contributed by atoms with Gasteiger partial charge >= 0.3 is 0 Å². The molecule has 0 radical (unpaired) electrons. The van der Waals surface area contributed by atoms with Crippen LogP contribution in [0.4, 0.5) is 0 Å². The first-order chi connectivity index (χ1) is 7.84. The topological polar surface area (TPSA) is 13.1 Å². The average molecular weight is 214 g/mol. The Morgan fingerprint density at radius 2 is 1.81 bits per heavy atom. The van der Waals surface area contributed by atoms with Crippen molar-refractivity contribution < 1.29 is 4.42 Å². The second-order valence-electron chi connectivity index (χ2n) is 3.87. The molecule has 2 aromatic rings. The summed E-state index contributed by atoms with van der Waals surface area (Å²) in [6.07, 6.45) is 6.70. The van der Waals surface area contributed by atoms with Crippen LogP contribution in [0.3, 0.4) is 0 Å². The summed E-state index contributed by atoms with van der Waals surface area (Å²) >= 11 is 0. The zero-order chi connectivity index (χ0) is 11.5. The van der Waals surface area contributed by atoms with Crippen LogP contribution in [0.5, 0.6) is 0 Å².